The van der Waals surface area contributed by atoms with E-state index < -0.39 is 11.4 Å². The second kappa shape index (κ2) is 4.32. The van der Waals surface area contributed by atoms with Gasteiger partial charge < -0.3 is 4.74 Å². The molecule has 0 bridgehead atoms. The molecule has 0 radical (unpaired) electrons. The minimum atomic E-state index is -0.969. The molecule has 0 saturated heterocycles. The molecule has 0 heterocycles. The van der Waals surface area contributed by atoms with E-state index in [1.807, 2.05) is 25.1 Å². The number of ether oxygens (including phenoxy) is 1. The molecule has 1 aromatic carbocycles. The number of benzene rings is 1. The van der Waals surface area contributed by atoms with Gasteiger partial charge in [0.05, 0.1) is 7.11 Å². The van der Waals surface area contributed by atoms with Crippen molar-refractivity contribution in [3.05, 3.63) is 35.4 Å². The van der Waals surface area contributed by atoms with Gasteiger partial charge in [-0.15, -0.1) is 0 Å². The standard InChI is InChI=1S/C14H16O3/c1-3-14(13(16)17-2)9-8-10-6-4-5-7-11(10)12(14)15/h4-7H,3,8-9H2,1-2H3/t14-/m1/s1. The first-order valence-corrected chi connectivity index (χ1v) is 5.87. The van der Waals surface area contributed by atoms with Crippen molar-refractivity contribution in [2.45, 2.75) is 26.2 Å². The highest BCUT2D eigenvalue weighted by molar-refractivity contribution is 6.14. The van der Waals surface area contributed by atoms with Gasteiger partial charge in [0, 0.05) is 5.56 Å². The number of fused-ring (bicyclic) bond motifs is 1. The Morgan fingerprint density at radius 1 is 1.41 bits per heavy atom. The summed E-state index contributed by atoms with van der Waals surface area (Å²) in [6.07, 6.45) is 1.80. The third-order valence-corrected chi connectivity index (χ3v) is 3.70. The number of ketones is 1. The summed E-state index contributed by atoms with van der Waals surface area (Å²) in [5.74, 6) is -0.492. The second-order valence-corrected chi connectivity index (χ2v) is 4.41. The van der Waals surface area contributed by atoms with Crippen LogP contribution in [0.3, 0.4) is 0 Å². The van der Waals surface area contributed by atoms with Gasteiger partial charge in [0.2, 0.25) is 0 Å². The molecule has 3 heteroatoms. The van der Waals surface area contributed by atoms with Gasteiger partial charge in [0.1, 0.15) is 5.41 Å². The van der Waals surface area contributed by atoms with Gasteiger partial charge in [-0.1, -0.05) is 31.2 Å². The number of methoxy groups -OCH3 is 1. The molecular formula is C14H16O3. The predicted molar refractivity (Wildman–Crippen MR) is 63.8 cm³/mol. The lowest BCUT2D eigenvalue weighted by Crippen LogP contribution is -2.43. The highest BCUT2D eigenvalue weighted by Crippen LogP contribution is 2.39. The van der Waals surface area contributed by atoms with Crippen molar-refractivity contribution in [1.29, 1.82) is 0 Å². The molecule has 1 atom stereocenters. The zero-order valence-electron chi connectivity index (χ0n) is 10.2. The van der Waals surface area contributed by atoms with Crippen molar-refractivity contribution in [2.24, 2.45) is 5.41 Å². The van der Waals surface area contributed by atoms with Crippen LogP contribution in [0.15, 0.2) is 24.3 Å². The van der Waals surface area contributed by atoms with Crippen molar-refractivity contribution in [3.63, 3.8) is 0 Å². The predicted octanol–water partition coefficient (Wildman–Crippen LogP) is 2.38. The van der Waals surface area contributed by atoms with Crippen LogP contribution >= 0.6 is 0 Å². The van der Waals surface area contributed by atoms with Crippen molar-refractivity contribution < 1.29 is 14.3 Å². The maximum absolute atomic E-state index is 12.5. The molecule has 0 aliphatic heterocycles. The van der Waals surface area contributed by atoms with Crippen LogP contribution in [0.1, 0.15) is 35.7 Å². The Morgan fingerprint density at radius 3 is 2.76 bits per heavy atom. The van der Waals surface area contributed by atoms with Crippen LogP contribution in [-0.4, -0.2) is 18.9 Å². The molecule has 90 valence electrons. The van der Waals surface area contributed by atoms with Crippen molar-refractivity contribution in [3.8, 4) is 0 Å². The van der Waals surface area contributed by atoms with Crippen LogP contribution in [0.2, 0.25) is 0 Å². The lowest BCUT2D eigenvalue weighted by atomic mass is 9.69. The molecule has 0 spiro atoms. The van der Waals surface area contributed by atoms with E-state index in [0.717, 1.165) is 12.0 Å². The highest BCUT2D eigenvalue weighted by Gasteiger charge is 2.48. The monoisotopic (exact) mass is 232 g/mol. The molecule has 3 nitrogen and oxygen atoms in total. The van der Waals surface area contributed by atoms with Gasteiger partial charge in [0.15, 0.2) is 5.78 Å². The largest absolute Gasteiger partial charge is 0.468 e. The normalized spacial score (nSPS) is 23.1. The molecule has 1 aliphatic rings. The third-order valence-electron chi connectivity index (χ3n) is 3.70. The lowest BCUT2D eigenvalue weighted by molar-refractivity contribution is -0.150. The van der Waals surface area contributed by atoms with Gasteiger partial charge in [0.25, 0.3) is 0 Å². The Labute approximate surface area is 101 Å². The summed E-state index contributed by atoms with van der Waals surface area (Å²) in [5, 5.41) is 0. The summed E-state index contributed by atoms with van der Waals surface area (Å²) < 4.78 is 4.81. The van der Waals surface area contributed by atoms with Gasteiger partial charge in [-0.25, -0.2) is 0 Å². The topological polar surface area (TPSA) is 43.4 Å². The minimum Gasteiger partial charge on any atom is -0.468 e. The van der Waals surface area contributed by atoms with Crippen molar-refractivity contribution in [1.82, 2.24) is 0 Å². The van der Waals surface area contributed by atoms with E-state index in [4.69, 9.17) is 4.74 Å². The van der Waals surface area contributed by atoms with Gasteiger partial charge in [-0.2, -0.15) is 0 Å². The molecule has 0 N–H and O–H groups in total. The average Bonchev–Trinajstić information content (AvgIpc) is 2.39. The van der Waals surface area contributed by atoms with E-state index in [2.05, 4.69) is 0 Å². The van der Waals surface area contributed by atoms with Gasteiger partial charge in [-0.3, -0.25) is 9.59 Å². The molecule has 1 aromatic rings. The van der Waals surface area contributed by atoms with E-state index in [9.17, 15) is 9.59 Å². The molecule has 2 rings (SSSR count). The number of rotatable bonds is 2. The number of Topliss-reactive ketones (excluding diaryl/α,β-unsaturated/α-hetero) is 1. The second-order valence-electron chi connectivity index (χ2n) is 4.41. The van der Waals surface area contributed by atoms with Crippen LogP contribution in [0.25, 0.3) is 0 Å². The average molecular weight is 232 g/mol. The first-order chi connectivity index (χ1) is 8.15. The van der Waals surface area contributed by atoms with Crippen molar-refractivity contribution >= 4 is 11.8 Å². The smallest absolute Gasteiger partial charge is 0.319 e. The SMILES string of the molecule is CC[C@@]1(C(=O)OC)CCc2ccccc2C1=O. The highest BCUT2D eigenvalue weighted by atomic mass is 16.5. The molecule has 0 fully saturated rings. The number of hydrogen-bond donors (Lipinski definition) is 0. The Morgan fingerprint density at radius 2 is 2.12 bits per heavy atom. The first kappa shape index (κ1) is 11.8. The quantitative estimate of drug-likeness (QED) is 0.581. The van der Waals surface area contributed by atoms with E-state index in [0.29, 0.717) is 18.4 Å². The zero-order chi connectivity index (χ0) is 12.5. The maximum atomic E-state index is 12.5. The number of aryl methyl sites for hydroxylation is 1. The number of carbonyl (C=O) groups excluding carboxylic acids is 2. The Balaban J connectivity index is 2.49. The number of carbonyl (C=O) groups is 2. The third kappa shape index (κ3) is 1.66. The maximum Gasteiger partial charge on any atom is 0.319 e. The van der Waals surface area contributed by atoms with Crippen LogP contribution in [0, 0.1) is 5.41 Å². The van der Waals surface area contributed by atoms with E-state index in [1.54, 1.807) is 6.07 Å². The summed E-state index contributed by atoms with van der Waals surface area (Å²) in [5.41, 5.74) is 0.736. The number of hydrogen-bond acceptors (Lipinski definition) is 3. The first-order valence-electron chi connectivity index (χ1n) is 5.87. The fraction of sp³-hybridized carbons (Fsp3) is 0.429. The zero-order valence-corrected chi connectivity index (χ0v) is 10.2. The van der Waals surface area contributed by atoms with Crippen LogP contribution in [-0.2, 0) is 16.0 Å². The van der Waals surface area contributed by atoms with E-state index >= 15 is 0 Å². The van der Waals surface area contributed by atoms with Gasteiger partial charge >= 0.3 is 5.97 Å². The summed E-state index contributed by atoms with van der Waals surface area (Å²) in [4.78, 5) is 24.4. The molecule has 0 saturated carbocycles. The minimum absolute atomic E-state index is 0.0892. The van der Waals surface area contributed by atoms with Crippen LogP contribution in [0.4, 0.5) is 0 Å². The molecule has 0 unspecified atom stereocenters. The van der Waals surface area contributed by atoms with Gasteiger partial charge in [-0.05, 0) is 24.8 Å². The Bertz CT molecular complexity index is 464. The van der Waals surface area contributed by atoms with Crippen LogP contribution in [0.5, 0.6) is 0 Å². The fourth-order valence-corrected chi connectivity index (χ4v) is 2.55. The Hall–Kier alpha value is -1.64. The molecule has 0 amide bonds. The molecule has 1 aliphatic carbocycles. The molecule has 17 heavy (non-hydrogen) atoms. The fourth-order valence-electron chi connectivity index (χ4n) is 2.55. The summed E-state index contributed by atoms with van der Waals surface area (Å²) >= 11 is 0. The van der Waals surface area contributed by atoms with E-state index in [-0.39, 0.29) is 5.78 Å². The lowest BCUT2D eigenvalue weighted by Gasteiger charge is -2.33. The molecular weight excluding hydrogens is 216 g/mol. The van der Waals surface area contributed by atoms with Crippen molar-refractivity contribution in [2.75, 3.05) is 7.11 Å². The summed E-state index contributed by atoms with van der Waals surface area (Å²) in [7, 11) is 1.34. The van der Waals surface area contributed by atoms with E-state index in [1.165, 1.54) is 7.11 Å². The summed E-state index contributed by atoms with van der Waals surface area (Å²) in [6.45, 7) is 1.86. The molecule has 0 aromatic heterocycles. The van der Waals surface area contributed by atoms with Crippen LogP contribution < -0.4 is 0 Å². The Kier molecular flexibility index (Phi) is 3.01. The summed E-state index contributed by atoms with van der Waals surface area (Å²) in [6, 6.07) is 7.50. The number of esters is 1.